The highest BCUT2D eigenvalue weighted by molar-refractivity contribution is 5.49. The molecular formula is C17H22N4O2. The quantitative estimate of drug-likeness (QED) is 0.820. The van der Waals surface area contributed by atoms with Crippen LogP contribution in [0.2, 0.25) is 0 Å². The molecular weight excluding hydrogens is 292 g/mol. The van der Waals surface area contributed by atoms with Gasteiger partial charge in [-0.15, -0.1) is 0 Å². The van der Waals surface area contributed by atoms with Gasteiger partial charge in [-0.2, -0.15) is 0 Å². The number of hydrogen-bond donors (Lipinski definition) is 1. The van der Waals surface area contributed by atoms with Gasteiger partial charge in [-0.05, 0) is 19.1 Å². The van der Waals surface area contributed by atoms with Gasteiger partial charge in [0, 0.05) is 38.1 Å². The predicted octanol–water partition coefficient (Wildman–Crippen LogP) is 1.73. The number of nitrogens with zero attached hydrogens (tertiary/aromatic N) is 3. The summed E-state index contributed by atoms with van der Waals surface area (Å²) in [6, 6.07) is 10.1. The normalized spacial score (nSPS) is 17.8. The second-order valence-electron chi connectivity index (χ2n) is 5.44. The van der Waals surface area contributed by atoms with E-state index in [1.54, 1.807) is 12.4 Å². The third kappa shape index (κ3) is 4.10. The number of aromatic nitrogens is 2. The molecule has 0 aliphatic carbocycles. The average molecular weight is 314 g/mol. The fourth-order valence-electron chi connectivity index (χ4n) is 2.59. The molecule has 1 fully saturated rings. The van der Waals surface area contributed by atoms with Gasteiger partial charge in [-0.25, -0.2) is 9.97 Å². The van der Waals surface area contributed by atoms with Gasteiger partial charge >= 0.3 is 0 Å². The lowest BCUT2D eigenvalue weighted by atomic mass is 10.2. The minimum absolute atomic E-state index is 0.364. The second kappa shape index (κ2) is 7.78. The van der Waals surface area contributed by atoms with Crippen molar-refractivity contribution in [2.45, 2.75) is 13.0 Å². The molecule has 1 aromatic heterocycles. The zero-order valence-electron chi connectivity index (χ0n) is 13.3. The van der Waals surface area contributed by atoms with Crippen LogP contribution in [-0.2, 0) is 0 Å². The lowest BCUT2D eigenvalue weighted by Gasteiger charge is -2.35. The maximum Gasteiger partial charge on any atom is 0.257 e. The minimum atomic E-state index is 0.364. The van der Waals surface area contributed by atoms with E-state index in [0.29, 0.717) is 25.1 Å². The molecule has 2 heterocycles. The molecule has 3 rings (SSSR count). The van der Waals surface area contributed by atoms with Gasteiger partial charge in [0.15, 0.2) is 5.82 Å². The Morgan fingerprint density at radius 3 is 2.74 bits per heavy atom. The summed E-state index contributed by atoms with van der Waals surface area (Å²) in [5.74, 6) is 2.21. The zero-order valence-corrected chi connectivity index (χ0v) is 13.3. The molecule has 0 amide bonds. The number of ether oxygens (including phenoxy) is 2. The Hall–Kier alpha value is -2.34. The third-order valence-electron chi connectivity index (χ3n) is 3.75. The molecule has 1 saturated heterocycles. The van der Waals surface area contributed by atoms with E-state index >= 15 is 0 Å². The minimum Gasteiger partial charge on any atom is -0.490 e. The molecule has 23 heavy (non-hydrogen) atoms. The van der Waals surface area contributed by atoms with E-state index in [1.807, 2.05) is 30.3 Å². The maximum absolute atomic E-state index is 5.80. The van der Waals surface area contributed by atoms with Crippen molar-refractivity contribution in [1.82, 2.24) is 15.3 Å². The summed E-state index contributed by atoms with van der Waals surface area (Å²) < 4.78 is 11.4. The van der Waals surface area contributed by atoms with Crippen molar-refractivity contribution in [2.24, 2.45) is 0 Å². The van der Waals surface area contributed by atoms with Crippen LogP contribution in [0.25, 0.3) is 0 Å². The van der Waals surface area contributed by atoms with Crippen LogP contribution in [0, 0.1) is 0 Å². The number of anilines is 1. The van der Waals surface area contributed by atoms with E-state index in [9.17, 15) is 0 Å². The Kier molecular flexibility index (Phi) is 5.26. The molecule has 0 radical (unpaired) electrons. The van der Waals surface area contributed by atoms with Gasteiger partial charge in [0.1, 0.15) is 19.0 Å². The summed E-state index contributed by atoms with van der Waals surface area (Å²) in [6.45, 7) is 5.85. The van der Waals surface area contributed by atoms with Crippen molar-refractivity contribution >= 4 is 5.82 Å². The van der Waals surface area contributed by atoms with Crippen LogP contribution < -0.4 is 19.7 Å². The van der Waals surface area contributed by atoms with E-state index in [-0.39, 0.29) is 0 Å². The van der Waals surface area contributed by atoms with E-state index < -0.39 is 0 Å². The molecule has 6 nitrogen and oxygen atoms in total. The van der Waals surface area contributed by atoms with Gasteiger partial charge in [-0.1, -0.05) is 18.2 Å². The SMILES string of the molecule is C[C@@H]1CNCCN1c1nccnc1OCCOc1ccccc1. The first-order valence-corrected chi connectivity index (χ1v) is 7.93. The molecule has 6 heteroatoms. The maximum atomic E-state index is 5.80. The van der Waals surface area contributed by atoms with Crippen molar-refractivity contribution in [3.05, 3.63) is 42.7 Å². The first-order valence-electron chi connectivity index (χ1n) is 7.93. The van der Waals surface area contributed by atoms with Gasteiger partial charge in [0.05, 0.1) is 0 Å². The first kappa shape index (κ1) is 15.6. The molecule has 0 bridgehead atoms. The van der Waals surface area contributed by atoms with Gasteiger partial charge in [0.25, 0.3) is 5.88 Å². The van der Waals surface area contributed by atoms with Gasteiger partial charge in [0.2, 0.25) is 0 Å². The van der Waals surface area contributed by atoms with Crippen molar-refractivity contribution in [3.8, 4) is 11.6 Å². The molecule has 2 aromatic rings. The van der Waals surface area contributed by atoms with Crippen LogP contribution in [0.5, 0.6) is 11.6 Å². The lowest BCUT2D eigenvalue weighted by Crippen LogP contribution is -2.50. The van der Waals surface area contributed by atoms with E-state index in [4.69, 9.17) is 9.47 Å². The Bertz CT molecular complexity index is 609. The molecule has 0 saturated carbocycles. The molecule has 122 valence electrons. The van der Waals surface area contributed by atoms with Crippen molar-refractivity contribution < 1.29 is 9.47 Å². The Labute approximate surface area is 136 Å². The van der Waals surface area contributed by atoms with Gasteiger partial charge in [-0.3, -0.25) is 0 Å². The molecule has 0 unspecified atom stereocenters. The summed E-state index contributed by atoms with van der Waals surface area (Å²) >= 11 is 0. The monoisotopic (exact) mass is 314 g/mol. The molecule has 1 aliphatic rings. The lowest BCUT2D eigenvalue weighted by molar-refractivity contribution is 0.211. The number of rotatable bonds is 6. The van der Waals surface area contributed by atoms with Gasteiger partial charge < -0.3 is 19.7 Å². The average Bonchev–Trinajstić information content (AvgIpc) is 2.61. The highest BCUT2D eigenvalue weighted by Gasteiger charge is 2.23. The largest absolute Gasteiger partial charge is 0.490 e. The molecule has 1 aliphatic heterocycles. The zero-order chi connectivity index (χ0) is 15.9. The Morgan fingerprint density at radius 1 is 1.13 bits per heavy atom. The summed E-state index contributed by atoms with van der Waals surface area (Å²) in [7, 11) is 0. The molecule has 1 aromatic carbocycles. The van der Waals surface area contributed by atoms with Crippen LogP contribution in [0.3, 0.4) is 0 Å². The molecule has 0 spiro atoms. The molecule has 1 atom stereocenters. The van der Waals surface area contributed by atoms with Crippen molar-refractivity contribution in [3.63, 3.8) is 0 Å². The number of nitrogens with one attached hydrogen (secondary N) is 1. The fraction of sp³-hybridized carbons (Fsp3) is 0.412. The second-order valence-corrected chi connectivity index (χ2v) is 5.44. The fourth-order valence-corrected chi connectivity index (χ4v) is 2.59. The number of benzene rings is 1. The number of hydrogen-bond acceptors (Lipinski definition) is 6. The Morgan fingerprint density at radius 2 is 1.91 bits per heavy atom. The topological polar surface area (TPSA) is 59.5 Å². The van der Waals surface area contributed by atoms with E-state index in [2.05, 4.69) is 27.1 Å². The van der Waals surface area contributed by atoms with Crippen molar-refractivity contribution in [1.29, 1.82) is 0 Å². The van der Waals surface area contributed by atoms with Crippen LogP contribution in [0.1, 0.15) is 6.92 Å². The summed E-state index contributed by atoms with van der Waals surface area (Å²) in [4.78, 5) is 11.0. The summed E-state index contributed by atoms with van der Waals surface area (Å²) in [5.41, 5.74) is 0. The number of piperazine rings is 1. The third-order valence-corrected chi connectivity index (χ3v) is 3.75. The predicted molar refractivity (Wildman–Crippen MR) is 89.1 cm³/mol. The standard InChI is InChI=1S/C17H22N4O2/c1-14-13-18-9-10-21(14)16-17(20-8-7-19-16)23-12-11-22-15-5-3-2-4-6-15/h2-8,14,18H,9-13H2,1H3/t14-/m1/s1. The van der Waals surface area contributed by atoms with Crippen LogP contribution >= 0.6 is 0 Å². The van der Waals surface area contributed by atoms with Crippen molar-refractivity contribution in [2.75, 3.05) is 37.7 Å². The Balaban J connectivity index is 1.57. The summed E-state index contributed by atoms with van der Waals surface area (Å²) in [5, 5.41) is 3.37. The molecule has 1 N–H and O–H groups in total. The van der Waals surface area contributed by atoms with E-state index in [1.165, 1.54) is 0 Å². The highest BCUT2D eigenvalue weighted by atomic mass is 16.5. The van der Waals surface area contributed by atoms with Crippen LogP contribution in [0.4, 0.5) is 5.82 Å². The van der Waals surface area contributed by atoms with Crippen LogP contribution in [0.15, 0.2) is 42.7 Å². The first-order chi connectivity index (χ1) is 11.3. The number of para-hydroxylation sites is 1. The van der Waals surface area contributed by atoms with E-state index in [0.717, 1.165) is 31.2 Å². The summed E-state index contributed by atoms with van der Waals surface area (Å²) in [6.07, 6.45) is 3.36. The van der Waals surface area contributed by atoms with Crippen LogP contribution in [-0.4, -0.2) is 48.9 Å². The highest BCUT2D eigenvalue weighted by Crippen LogP contribution is 2.25. The smallest absolute Gasteiger partial charge is 0.257 e.